The SMILES string of the molecule is CCC(C)CNC1(C(=O)O)CCC(C)CC1. The van der Waals surface area contributed by atoms with Crippen LogP contribution >= 0.6 is 0 Å². The van der Waals surface area contributed by atoms with Crippen LogP contribution in [0.15, 0.2) is 0 Å². The second-order valence-corrected chi connectivity index (χ2v) is 5.46. The maximum absolute atomic E-state index is 11.4. The van der Waals surface area contributed by atoms with Crippen molar-refractivity contribution in [2.24, 2.45) is 11.8 Å². The first-order valence-electron chi connectivity index (χ1n) is 6.48. The molecule has 3 heteroatoms. The van der Waals surface area contributed by atoms with Crippen LogP contribution in [0.2, 0.25) is 0 Å². The Morgan fingerprint density at radius 1 is 1.50 bits per heavy atom. The Balaban J connectivity index is 2.56. The highest BCUT2D eigenvalue weighted by molar-refractivity contribution is 5.78. The van der Waals surface area contributed by atoms with Crippen LogP contribution in [0.1, 0.15) is 52.9 Å². The fourth-order valence-electron chi connectivity index (χ4n) is 2.24. The Bertz CT molecular complexity index is 232. The molecule has 0 amide bonds. The standard InChI is InChI=1S/C13H25NO2/c1-4-10(2)9-14-13(12(15)16)7-5-11(3)6-8-13/h10-11,14H,4-9H2,1-3H3,(H,15,16). The average Bonchev–Trinajstić information content (AvgIpc) is 2.28. The summed E-state index contributed by atoms with van der Waals surface area (Å²) in [4.78, 5) is 11.4. The topological polar surface area (TPSA) is 49.3 Å². The Morgan fingerprint density at radius 3 is 2.50 bits per heavy atom. The van der Waals surface area contributed by atoms with Gasteiger partial charge in [-0.25, -0.2) is 0 Å². The van der Waals surface area contributed by atoms with E-state index in [0.717, 1.165) is 38.6 Å². The van der Waals surface area contributed by atoms with E-state index in [4.69, 9.17) is 0 Å². The molecule has 1 fully saturated rings. The lowest BCUT2D eigenvalue weighted by Gasteiger charge is -2.37. The molecule has 0 heterocycles. The van der Waals surface area contributed by atoms with E-state index < -0.39 is 11.5 Å². The highest BCUT2D eigenvalue weighted by atomic mass is 16.4. The molecule has 1 atom stereocenters. The molecular weight excluding hydrogens is 202 g/mol. The van der Waals surface area contributed by atoms with Gasteiger partial charge in [0.2, 0.25) is 0 Å². The molecule has 0 aromatic heterocycles. The summed E-state index contributed by atoms with van der Waals surface area (Å²) in [5, 5.41) is 12.7. The van der Waals surface area contributed by atoms with Crippen molar-refractivity contribution in [1.82, 2.24) is 5.32 Å². The first-order valence-corrected chi connectivity index (χ1v) is 6.48. The van der Waals surface area contributed by atoms with Gasteiger partial charge >= 0.3 is 5.97 Å². The highest BCUT2D eigenvalue weighted by Gasteiger charge is 2.40. The molecule has 0 aromatic carbocycles. The van der Waals surface area contributed by atoms with E-state index in [-0.39, 0.29) is 0 Å². The summed E-state index contributed by atoms with van der Waals surface area (Å²) in [6, 6.07) is 0. The van der Waals surface area contributed by atoms with E-state index >= 15 is 0 Å². The van der Waals surface area contributed by atoms with Crippen LogP contribution < -0.4 is 5.32 Å². The summed E-state index contributed by atoms with van der Waals surface area (Å²) in [6.07, 6.45) is 4.71. The normalized spacial score (nSPS) is 32.3. The summed E-state index contributed by atoms with van der Waals surface area (Å²) >= 11 is 0. The van der Waals surface area contributed by atoms with Crippen LogP contribution in [0.4, 0.5) is 0 Å². The van der Waals surface area contributed by atoms with Gasteiger partial charge in [0.05, 0.1) is 0 Å². The molecular formula is C13H25NO2. The zero-order chi connectivity index (χ0) is 12.2. The molecule has 3 nitrogen and oxygen atoms in total. The Hall–Kier alpha value is -0.570. The third kappa shape index (κ3) is 3.21. The summed E-state index contributed by atoms with van der Waals surface area (Å²) in [5.74, 6) is 0.566. The second kappa shape index (κ2) is 5.67. The zero-order valence-corrected chi connectivity index (χ0v) is 10.8. The lowest BCUT2D eigenvalue weighted by molar-refractivity contribution is -0.146. The molecule has 0 aromatic rings. The van der Waals surface area contributed by atoms with Crippen LogP contribution in [-0.2, 0) is 4.79 Å². The Morgan fingerprint density at radius 2 is 2.06 bits per heavy atom. The fraction of sp³-hybridized carbons (Fsp3) is 0.923. The van der Waals surface area contributed by atoms with E-state index in [1.54, 1.807) is 0 Å². The number of hydrogen-bond donors (Lipinski definition) is 2. The van der Waals surface area contributed by atoms with E-state index in [1.807, 2.05) is 0 Å². The zero-order valence-electron chi connectivity index (χ0n) is 10.8. The summed E-state index contributed by atoms with van der Waals surface area (Å²) in [5.41, 5.74) is -0.643. The van der Waals surface area contributed by atoms with Crippen LogP contribution in [0.5, 0.6) is 0 Å². The number of carboxylic acid groups (broad SMARTS) is 1. The van der Waals surface area contributed by atoms with Gasteiger partial charge in [-0.05, 0) is 44.1 Å². The third-order valence-electron chi connectivity index (χ3n) is 4.02. The van der Waals surface area contributed by atoms with Gasteiger partial charge in [-0.1, -0.05) is 27.2 Å². The molecule has 0 spiro atoms. The number of nitrogens with one attached hydrogen (secondary N) is 1. The van der Waals surface area contributed by atoms with Gasteiger partial charge < -0.3 is 10.4 Å². The molecule has 0 bridgehead atoms. The van der Waals surface area contributed by atoms with Crippen molar-refractivity contribution in [3.05, 3.63) is 0 Å². The fourth-order valence-corrected chi connectivity index (χ4v) is 2.24. The first-order chi connectivity index (χ1) is 7.50. The highest BCUT2D eigenvalue weighted by Crippen LogP contribution is 2.32. The van der Waals surface area contributed by atoms with E-state index in [9.17, 15) is 9.90 Å². The summed E-state index contributed by atoms with van der Waals surface area (Å²) < 4.78 is 0. The van der Waals surface area contributed by atoms with Gasteiger partial charge in [-0.2, -0.15) is 0 Å². The minimum Gasteiger partial charge on any atom is -0.480 e. The molecule has 0 radical (unpaired) electrons. The predicted octanol–water partition coefficient (Wildman–Crippen LogP) is 2.66. The van der Waals surface area contributed by atoms with Crippen molar-refractivity contribution >= 4 is 5.97 Å². The summed E-state index contributed by atoms with van der Waals surface area (Å²) in [7, 11) is 0. The second-order valence-electron chi connectivity index (χ2n) is 5.46. The molecule has 1 aliphatic rings. The molecule has 1 saturated carbocycles. The molecule has 94 valence electrons. The van der Waals surface area contributed by atoms with E-state index in [0.29, 0.717) is 11.8 Å². The first kappa shape index (κ1) is 13.5. The van der Waals surface area contributed by atoms with Gasteiger partial charge in [-0.15, -0.1) is 0 Å². The summed E-state index contributed by atoms with van der Waals surface area (Å²) in [6.45, 7) is 7.33. The van der Waals surface area contributed by atoms with Gasteiger partial charge in [0.25, 0.3) is 0 Å². The van der Waals surface area contributed by atoms with Crippen molar-refractivity contribution in [1.29, 1.82) is 0 Å². The van der Waals surface area contributed by atoms with Gasteiger partial charge in [0.15, 0.2) is 0 Å². The molecule has 1 aliphatic carbocycles. The lowest BCUT2D eigenvalue weighted by atomic mass is 9.77. The van der Waals surface area contributed by atoms with Gasteiger partial charge in [0.1, 0.15) is 5.54 Å². The van der Waals surface area contributed by atoms with E-state index in [2.05, 4.69) is 26.1 Å². The van der Waals surface area contributed by atoms with Crippen molar-refractivity contribution in [3.8, 4) is 0 Å². The minimum atomic E-state index is -0.664. The monoisotopic (exact) mass is 227 g/mol. The molecule has 1 unspecified atom stereocenters. The smallest absolute Gasteiger partial charge is 0.323 e. The average molecular weight is 227 g/mol. The maximum atomic E-state index is 11.4. The van der Waals surface area contributed by atoms with Crippen molar-refractivity contribution in [2.75, 3.05) is 6.54 Å². The quantitative estimate of drug-likeness (QED) is 0.759. The molecule has 16 heavy (non-hydrogen) atoms. The van der Waals surface area contributed by atoms with Crippen LogP contribution in [0.25, 0.3) is 0 Å². The Kier molecular flexibility index (Phi) is 4.78. The van der Waals surface area contributed by atoms with Crippen molar-refractivity contribution in [2.45, 2.75) is 58.4 Å². The maximum Gasteiger partial charge on any atom is 0.323 e. The predicted molar refractivity (Wildman–Crippen MR) is 65.5 cm³/mol. The molecule has 0 aliphatic heterocycles. The molecule has 1 rings (SSSR count). The third-order valence-corrected chi connectivity index (χ3v) is 4.02. The van der Waals surface area contributed by atoms with Crippen LogP contribution in [-0.4, -0.2) is 23.2 Å². The number of aliphatic carboxylic acids is 1. The van der Waals surface area contributed by atoms with Crippen LogP contribution in [0, 0.1) is 11.8 Å². The Labute approximate surface area is 98.6 Å². The van der Waals surface area contributed by atoms with E-state index in [1.165, 1.54) is 0 Å². The number of hydrogen-bond acceptors (Lipinski definition) is 2. The van der Waals surface area contributed by atoms with Gasteiger partial charge in [0, 0.05) is 0 Å². The number of carbonyl (C=O) groups is 1. The molecule has 2 N–H and O–H groups in total. The van der Waals surface area contributed by atoms with Crippen LogP contribution in [0.3, 0.4) is 0 Å². The number of carboxylic acids is 1. The largest absolute Gasteiger partial charge is 0.480 e. The minimum absolute atomic E-state index is 0.551. The van der Waals surface area contributed by atoms with Crippen molar-refractivity contribution < 1.29 is 9.90 Å². The van der Waals surface area contributed by atoms with Gasteiger partial charge in [-0.3, -0.25) is 4.79 Å². The van der Waals surface area contributed by atoms with Crippen molar-refractivity contribution in [3.63, 3.8) is 0 Å². The molecule has 0 saturated heterocycles. The lowest BCUT2D eigenvalue weighted by Crippen LogP contribution is -2.55. The number of rotatable bonds is 5.